The Kier molecular flexibility index (Phi) is 3.82. The molecular formula is C15H19NO2. The quantitative estimate of drug-likeness (QED) is 0.885. The molecule has 96 valence electrons. The highest BCUT2D eigenvalue weighted by molar-refractivity contribution is 5.99. The Morgan fingerprint density at radius 3 is 2.94 bits per heavy atom. The van der Waals surface area contributed by atoms with Crippen molar-refractivity contribution >= 4 is 5.78 Å². The van der Waals surface area contributed by atoms with Crippen LogP contribution in [0.15, 0.2) is 36.4 Å². The van der Waals surface area contributed by atoms with E-state index >= 15 is 0 Å². The number of methoxy groups -OCH3 is 1. The molecule has 3 heteroatoms. The van der Waals surface area contributed by atoms with E-state index in [1.807, 2.05) is 37.3 Å². The maximum atomic E-state index is 12.3. The minimum atomic E-state index is -0.585. The lowest BCUT2D eigenvalue weighted by Crippen LogP contribution is -2.49. The minimum absolute atomic E-state index is 0.129. The SMILES string of the molecule is CCN[C@]1(c2cccc(OC)c2)CCC=CC1=O. The van der Waals surface area contributed by atoms with Crippen molar-refractivity contribution in [2.75, 3.05) is 13.7 Å². The van der Waals surface area contributed by atoms with E-state index in [2.05, 4.69) is 5.32 Å². The molecule has 0 radical (unpaired) electrons. The van der Waals surface area contributed by atoms with Crippen molar-refractivity contribution in [3.63, 3.8) is 0 Å². The number of hydrogen-bond acceptors (Lipinski definition) is 3. The standard InChI is InChI=1S/C15H19NO2/c1-3-16-15(10-5-4-9-14(15)17)12-7-6-8-13(11-12)18-2/h4,6-9,11,16H,3,5,10H2,1-2H3/t15-/m0/s1. The summed E-state index contributed by atoms with van der Waals surface area (Å²) in [6, 6.07) is 7.76. The summed E-state index contributed by atoms with van der Waals surface area (Å²) in [6.07, 6.45) is 5.34. The fourth-order valence-electron chi connectivity index (χ4n) is 2.51. The average molecular weight is 245 g/mol. The van der Waals surface area contributed by atoms with Crippen LogP contribution in [0.5, 0.6) is 5.75 Å². The molecule has 0 spiro atoms. The van der Waals surface area contributed by atoms with Gasteiger partial charge in [0, 0.05) is 0 Å². The Morgan fingerprint density at radius 2 is 2.28 bits per heavy atom. The van der Waals surface area contributed by atoms with Crippen molar-refractivity contribution in [1.82, 2.24) is 5.32 Å². The lowest BCUT2D eigenvalue weighted by molar-refractivity contribution is -0.121. The number of carbonyl (C=O) groups excluding carboxylic acids is 1. The highest BCUT2D eigenvalue weighted by Gasteiger charge is 2.38. The van der Waals surface area contributed by atoms with Crippen LogP contribution in [0.4, 0.5) is 0 Å². The van der Waals surface area contributed by atoms with Gasteiger partial charge in [-0.05, 0) is 43.2 Å². The third-order valence-electron chi connectivity index (χ3n) is 3.42. The van der Waals surface area contributed by atoms with Gasteiger partial charge < -0.3 is 10.1 Å². The van der Waals surface area contributed by atoms with Gasteiger partial charge in [-0.3, -0.25) is 4.79 Å². The summed E-state index contributed by atoms with van der Waals surface area (Å²) < 4.78 is 5.25. The van der Waals surface area contributed by atoms with Crippen molar-refractivity contribution in [3.8, 4) is 5.75 Å². The molecule has 1 aromatic rings. The second-order valence-corrected chi connectivity index (χ2v) is 4.47. The zero-order chi connectivity index (χ0) is 13.0. The first kappa shape index (κ1) is 12.8. The Hall–Kier alpha value is -1.61. The van der Waals surface area contributed by atoms with Gasteiger partial charge in [0.25, 0.3) is 0 Å². The molecule has 1 N–H and O–H groups in total. The van der Waals surface area contributed by atoms with Crippen molar-refractivity contribution in [1.29, 1.82) is 0 Å². The number of carbonyl (C=O) groups is 1. The number of hydrogen-bond donors (Lipinski definition) is 1. The summed E-state index contributed by atoms with van der Waals surface area (Å²) in [5.74, 6) is 0.913. The topological polar surface area (TPSA) is 38.3 Å². The maximum Gasteiger partial charge on any atom is 0.179 e. The summed E-state index contributed by atoms with van der Waals surface area (Å²) in [6.45, 7) is 2.78. The number of likely N-dealkylation sites (N-methyl/N-ethyl adjacent to an activating group) is 1. The van der Waals surface area contributed by atoms with Gasteiger partial charge in [0.15, 0.2) is 5.78 Å². The molecular weight excluding hydrogens is 226 g/mol. The number of ether oxygens (including phenoxy) is 1. The lowest BCUT2D eigenvalue weighted by atomic mass is 9.78. The second kappa shape index (κ2) is 5.36. The van der Waals surface area contributed by atoms with E-state index in [1.165, 1.54) is 0 Å². The monoisotopic (exact) mass is 245 g/mol. The molecule has 1 aromatic carbocycles. The fraction of sp³-hybridized carbons (Fsp3) is 0.400. The van der Waals surface area contributed by atoms with Crippen LogP contribution in [0.1, 0.15) is 25.3 Å². The van der Waals surface area contributed by atoms with Gasteiger partial charge in [0.2, 0.25) is 0 Å². The van der Waals surface area contributed by atoms with Gasteiger partial charge in [0.1, 0.15) is 11.3 Å². The number of ketones is 1. The van der Waals surface area contributed by atoms with Crippen molar-refractivity contribution in [3.05, 3.63) is 42.0 Å². The summed E-state index contributed by atoms with van der Waals surface area (Å²) in [7, 11) is 1.64. The van der Waals surface area contributed by atoms with Crippen LogP contribution in [-0.4, -0.2) is 19.4 Å². The molecule has 1 aliphatic rings. The van der Waals surface area contributed by atoms with Crippen LogP contribution < -0.4 is 10.1 Å². The van der Waals surface area contributed by atoms with Crippen molar-refractivity contribution < 1.29 is 9.53 Å². The predicted molar refractivity (Wildman–Crippen MR) is 71.7 cm³/mol. The molecule has 1 aliphatic carbocycles. The average Bonchev–Trinajstić information content (AvgIpc) is 2.42. The van der Waals surface area contributed by atoms with Gasteiger partial charge >= 0.3 is 0 Å². The van der Waals surface area contributed by atoms with E-state index in [1.54, 1.807) is 13.2 Å². The zero-order valence-electron chi connectivity index (χ0n) is 10.9. The zero-order valence-corrected chi connectivity index (χ0v) is 10.9. The van der Waals surface area contributed by atoms with Gasteiger partial charge in [-0.25, -0.2) is 0 Å². The van der Waals surface area contributed by atoms with E-state index < -0.39 is 5.54 Å². The number of nitrogens with one attached hydrogen (secondary N) is 1. The van der Waals surface area contributed by atoms with Crippen LogP contribution in [0.2, 0.25) is 0 Å². The minimum Gasteiger partial charge on any atom is -0.497 e. The lowest BCUT2D eigenvalue weighted by Gasteiger charge is -2.34. The summed E-state index contributed by atoms with van der Waals surface area (Å²) in [5.41, 5.74) is 0.399. The van der Waals surface area contributed by atoms with Crippen LogP contribution in [0.25, 0.3) is 0 Å². The van der Waals surface area contributed by atoms with Gasteiger partial charge in [-0.2, -0.15) is 0 Å². The first-order valence-corrected chi connectivity index (χ1v) is 6.33. The Bertz CT molecular complexity index is 467. The first-order valence-electron chi connectivity index (χ1n) is 6.33. The Labute approximate surface area is 108 Å². The van der Waals surface area contributed by atoms with Gasteiger partial charge in [-0.15, -0.1) is 0 Å². The molecule has 0 aromatic heterocycles. The third-order valence-corrected chi connectivity index (χ3v) is 3.42. The molecule has 0 saturated carbocycles. The summed E-state index contributed by atoms with van der Waals surface area (Å²) in [5, 5.41) is 3.36. The smallest absolute Gasteiger partial charge is 0.179 e. The van der Waals surface area contributed by atoms with E-state index in [4.69, 9.17) is 4.74 Å². The van der Waals surface area contributed by atoms with E-state index in [9.17, 15) is 4.79 Å². The van der Waals surface area contributed by atoms with Crippen LogP contribution in [0.3, 0.4) is 0 Å². The van der Waals surface area contributed by atoms with Crippen LogP contribution in [0, 0.1) is 0 Å². The predicted octanol–water partition coefficient (Wildman–Crippen LogP) is 2.42. The third kappa shape index (κ3) is 2.18. The molecule has 1 atom stereocenters. The number of rotatable bonds is 4. The van der Waals surface area contributed by atoms with Crippen molar-refractivity contribution in [2.45, 2.75) is 25.3 Å². The molecule has 2 rings (SSSR count). The van der Waals surface area contributed by atoms with E-state index in [-0.39, 0.29) is 5.78 Å². The van der Waals surface area contributed by atoms with E-state index in [0.29, 0.717) is 0 Å². The molecule has 0 fully saturated rings. The molecule has 0 saturated heterocycles. The molecule has 0 amide bonds. The molecule has 0 unspecified atom stereocenters. The fourth-order valence-corrected chi connectivity index (χ4v) is 2.51. The van der Waals surface area contributed by atoms with Crippen LogP contribution in [-0.2, 0) is 10.3 Å². The van der Waals surface area contributed by atoms with Crippen molar-refractivity contribution in [2.24, 2.45) is 0 Å². The Balaban J connectivity index is 2.46. The molecule has 3 nitrogen and oxygen atoms in total. The summed E-state index contributed by atoms with van der Waals surface area (Å²) in [4.78, 5) is 12.3. The maximum absolute atomic E-state index is 12.3. The van der Waals surface area contributed by atoms with Gasteiger partial charge in [0.05, 0.1) is 7.11 Å². The van der Waals surface area contributed by atoms with Crippen LogP contribution >= 0.6 is 0 Å². The highest BCUT2D eigenvalue weighted by Crippen LogP contribution is 2.33. The number of allylic oxidation sites excluding steroid dienone is 1. The molecule has 0 aliphatic heterocycles. The largest absolute Gasteiger partial charge is 0.497 e. The molecule has 0 heterocycles. The second-order valence-electron chi connectivity index (χ2n) is 4.47. The summed E-state index contributed by atoms with van der Waals surface area (Å²) >= 11 is 0. The molecule has 18 heavy (non-hydrogen) atoms. The van der Waals surface area contributed by atoms with E-state index in [0.717, 1.165) is 30.7 Å². The Morgan fingerprint density at radius 1 is 1.44 bits per heavy atom. The van der Waals surface area contributed by atoms with Gasteiger partial charge in [-0.1, -0.05) is 25.1 Å². The normalized spacial score (nSPS) is 23.1. The molecule has 0 bridgehead atoms. The first-order chi connectivity index (χ1) is 8.73. The number of benzene rings is 1. The highest BCUT2D eigenvalue weighted by atomic mass is 16.5.